The SMILES string of the molecule is COCc1nc2cc(NC(=O)CC(CN)OC)ccc2o1. The third-order valence-corrected chi connectivity index (χ3v) is 2.99. The molecule has 1 aromatic carbocycles. The van der Waals surface area contributed by atoms with Gasteiger partial charge in [-0.25, -0.2) is 4.98 Å². The van der Waals surface area contributed by atoms with Crippen LogP contribution in [0.3, 0.4) is 0 Å². The summed E-state index contributed by atoms with van der Waals surface area (Å²) >= 11 is 0. The van der Waals surface area contributed by atoms with Crippen LogP contribution in [0.4, 0.5) is 5.69 Å². The molecule has 0 spiro atoms. The molecular weight excluding hydrogens is 274 g/mol. The average molecular weight is 293 g/mol. The largest absolute Gasteiger partial charge is 0.438 e. The van der Waals surface area contributed by atoms with Crippen molar-refractivity contribution in [3.05, 3.63) is 24.1 Å². The number of anilines is 1. The van der Waals surface area contributed by atoms with Crippen molar-refractivity contribution in [3.63, 3.8) is 0 Å². The van der Waals surface area contributed by atoms with E-state index in [4.69, 9.17) is 19.6 Å². The van der Waals surface area contributed by atoms with Crippen LogP contribution in [0.25, 0.3) is 11.1 Å². The highest BCUT2D eigenvalue weighted by atomic mass is 16.5. The quantitative estimate of drug-likeness (QED) is 0.797. The molecule has 7 heteroatoms. The van der Waals surface area contributed by atoms with Crippen molar-refractivity contribution < 1.29 is 18.7 Å². The van der Waals surface area contributed by atoms with E-state index in [0.29, 0.717) is 35.8 Å². The molecule has 0 fully saturated rings. The highest BCUT2D eigenvalue weighted by molar-refractivity contribution is 5.93. The topological polar surface area (TPSA) is 99.6 Å². The van der Waals surface area contributed by atoms with Gasteiger partial charge in [0.2, 0.25) is 11.8 Å². The number of fused-ring (bicyclic) bond motifs is 1. The Bertz CT molecular complexity index is 607. The Morgan fingerprint density at radius 2 is 2.29 bits per heavy atom. The number of aromatic nitrogens is 1. The molecule has 2 rings (SSSR count). The van der Waals surface area contributed by atoms with E-state index in [1.807, 2.05) is 0 Å². The van der Waals surface area contributed by atoms with E-state index in [1.165, 1.54) is 7.11 Å². The fourth-order valence-electron chi connectivity index (χ4n) is 1.92. The first kappa shape index (κ1) is 15.4. The van der Waals surface area contributed by atoms with Crippen molar-refractivity contribution in [2.45, 2.75) is 19.1 Å². The predicted octanol–water partition coefficient (Wildman–Crippen LogP) is 1.28. The van der Waals surface area contributed by atoms with Crippen LogP contribution in [-0.4, -0.2) is 37.8 Å². The van der Waals surface area contributed by atoms with Crippen LogP contribution in [0.2, 0.25) is 0 Å². The molecular formula is C14H19N3O4. The van der Waals surface area contributed by atoms with Gasteiger partial charge in [0.05, 0.1) is 12.5 Å². The fraction of sp³-hybridized carbons (Fsp3) is 0.429. The van der Waals surface area contributed by atoms with Crippen LogP contribution in [0.15, 0.2) is 22.6 Å². The maximum Gasteiger partial charge on any atom is 0.227 e. The molecule has 2 aromatic rings. The Morgan fingerprint density at radius 1 is 1.48 bits per heavy atom. The second-order valence-electron chi connectivity index (χ2n) is 4.57. The monoisotopic (exact) mass is 293 g/mol. The molecule has 1 heterocycles. The number of ether oxygens (including phenoxy) is 2. The molecule has 1 unspecified atom stereocenters. The summed E-state index contributed by atoms with van der Waals surface area (Å²) in [6.45, 7) is 0.606. The molecule has 114 valence electrons. The lowest BCUT2D eigenvalue weighted by atomic mass is 10.2. The highest BCUT2D eigenvalue weighted by Gasteiger charge is 2.12. The summed E-state index contributed by atoms with van der Waals surface area (Å²) in [5.41, 5.74) is 7.46. The third-order valence-electron chi connectivity index (χ3n) is 2.99. The maximum absolute atomic E-state index is 11.9. The number of nitrogens with one attached hydrogen (secondary N) is 1. The molecule has 21 heavy (non-hydrogen) atoms. The van der Waals surface area contributed by atoms with E-state index in [-0.39, 0.29) is 18.4 Å². The van der Waals surface area contributed by atoms with Gasteiger partial charge in [0.1, 0.15) is 12.1 Å². The van der Waals surface area contributed by atoms with Crippen molar-refractivity contribution in [1.29, 1.82) is 0 Å². The number of oxazole rings is 1. The number of carbonyl (C=O) groups is 1. The van der Waals surface area contributed by atoms with Crippen LogP contribution in [0.5, 0.6) is 0 Å². The summed E-state index contributed by atoms with van der Waals surface area (Å²) in [5, 5.41) is 2.79. The van der Waals surface area contributed by atoms with Crippen molar-refractivity contribution >= 4 is 22.7 Å². The first-order chi connectivity index (χ1) is 10.2. The maximum atomic E-state index is 11.9. The van der Waals surface area contributed by atoms with Crippen LogP contribution in [0.1, 0.15) is 12.3 Å². The number of hydrogen-bond acceptors (Lipinski definition) is 6. The van der Waals surface area contributed by atoms with E-state index in [1.54, 1.807) is 25.3 Å². The van der Waals surface area contributed by atoms with Gasteiger partial charge in [0.15, 0.2) is 5.58 Å². The summed E-state index contributed by atoms with van der Waals surface area (Å²) in [4.78, 5) is 16.1. The lowest BCUT2D eigenvalue weighted by Gasteiger charge is -2.12. The summed E-state index contributed by atoms with van der Waals surface area (Å²) in [7, 11) is 3.10. The molecule has 0 aliphatic carbocycles. The number of benzene rings is 1. The summed E-state index contributed by atoms with van der Waals surface area (Å²) in [5.74, 6) is 0.339. The number of nitrogens with zero attached hydrogens (tertiary/aromatic N) is 1. The van der Waals surface area contributed by atoms with Crippen molar-refractivity contribution in [2.75, 3.05) is 26.1 Å². The summed E-state index contributed by atoms with van der Waals surface area (Å²) < 4.78 is 15.5. The Morgan fingerprint density at radius 3 is 2.95 bits per heavy atom. The smallest absolute Gasteiger partial charge is 0.227 e. The van der Waals surface area contributed by atoms with E-state index < -0.39 is 0 Å². The first-order valence-corrected chi connectivity index (χ1v) is 6.57. The lowest BCUT2D eigenvalue weighted by Crippen LogP contribution is -2.28. The van der Waals surface area contributed by atoms with Crippen LogP contribution in [-0.2, 0) is 20.9 Å². The molecule has 0 bridgehead atoms. The molecule has 0 radical (unpaired) electrons. The van der Waals surface area contributed by atoms with Gasteiger partial charge in [-0.05, 0) is 18.2 Å². The Labute approximate surface area is 122 Å². The second-order valence-corrected chi connectivity index (χ2v) is 4.57. The zero-order valence-corrected chi connectivity index (χ0v) is 12.1. The summed E-state index contributed by atoms with van der Waals surface area (Å²) in [6, 6.07) is 5.26. The molecule has 1 amide bonds. The number of rotatable bonds is 7. The van der Waals surface area contributed by atoms with Crippen molar-refractivity contribution in [1.82, 2.24) is 4.98 Å². The van der Waals surface area contributed by atoms with Crippen LogP contribution in [0, 0.1) is 0 Å². The minimum absolute atomic E-state index is 0.160. The van der Waals surface area contributed by atoms with E-state index in [2.05, 4.69) is 10.3 Å². The van der Waals surface area contributed by atoms with Gasteiger partial charge < -0.3 is 24.9 Å². The predicted molar refractivity (Wildman–Crippen MR) is 77.8 cm³/mol. The molecule has 0 aliphatic heterocycles. The Kier molecular flexibility index (Phi) is 5.26. The Balaban J connectivity index is 2.06. The molecule has 7 nitrogen and oxygen atoms in total. The Hall–Kier alpha value is -1.96. The van der Waals surface area contributed by atoms with E-state index >= 15 is 0 Å². The number of amides is 1. The number of methoxy groups -OCH3 is 2. The van der Waals surface area contributed by atoms with Gasteiger partial charge in [-0.2, -0.15) is 0 Å². The van der Waals surface area contributed by atoms with Gasteiger partial charge in [0, 0.05) is 26.5 Å². The van der Waals surface area contributed by atoms with Gasteiger partial charge in [0.25, 0.3) is 0 Å². The molecule has 0 saturated carbocycles. The molecule has 0 aliphatic rings. The van der Waals surface area contributed by atoms with E-state index in [0.717, 1.165) is 0 Å². The second kappa shape index (κ2) is 7.16. The van der Waals surface area contributed by atoms with Crippen molar-refractivity contribution in [2.24, 2.45) is 5.73 Å². The number of nitrogens with two attached hydrogens (primary N) is 1. The van der Waals surface area contributed by atoms with Crippen molar-refractivity contribution in [3.8, 4) is 0 Å². The normalized spacial score (nSPS) is 12.5. The third kappa shape index (κ3) is 4.01. The van der Waals surface area contributed by atoms with Crippen LogP contribution < -0.4 is 11.1 Å². The first-order valence-electron chi connectivity index (χ1n) is 6.57. The molecule has 1 atom stereocenters. The van der Waals surface area contributed by atoms with Gasteiger partial charge in [-0.1, -0.05) is 0 Å². The average Bonchev–Trinajstić information content (AvgIpc) is 2.86. The minimum atomic E-state index is -0.283. The fourth-order valence-corrected chi connectivity index (χ4v) is 1.92. The summed E-state index contributed by atoms with van der Waals surface area (Å²) in [6.07, 6.45) is -0.0761. The van der Waals surface area contributed by atoms with E-state index in [9.17, 15) is 4.79 Å². The zero-order chi connectivity index (χ0) is 15.2. The lowest BCUT2D eigenvalue weighted by molar-refractivity contribution is -0.118. The number of hydrogen-bond donors (Lipinski definition) is 2. The molecule has 0 saturated heterocycles. The highest BCUT2D eigenvalue weighted by Crippen LogP contribution is 2.20. The van der Waals surface area contributed by atoms with Gasteiger partial charge in [-0.3, -0.25) is 4.79 Å². The van der Waals surface area contributed by atoms with Gasteiger partial charge >= 0.3 is 0 Å². The molecule has 3 N–H and O–H groups in total. The van der Waals surface area contributed by atoms with Crippen LogP contribution >= 0.6 is 0 Å². The number of carbonyl (C=O) groups excluding carboxylic acids is 1. The standard InChI is InChI=1S/C14H19N3O4/c1-19-8-14-17-11-5-9(3-4-12(11)21-14)16-13(18)6-10(7-15)20-2/h3-5,10H,6-8,15H2,1-2H3,(H,16,18). The zero-order valence-electron chi connectivity index (χ0n) is 12.1. The molecule has 1 aromatic heterocycles. The van der Waals surface area contributed by atoms with Gasteiger partial charge in [-0.15, -0.1) is 0 Å². The minimum Gasteiger partial charge on any atom is -0.438 e.